The number of carboxylic acids is 1. The first-order valence-corrected chi connectivity index (χ1v) is 9.10. The third-order valence-corrected chi connectivity index (χ3v) is 4.98. The van der Waals surface area contributed by atoms with E-state index in [1.807, 2.05) is 29.2 Å². The highest BCUT2D eigenvalue weighted by molar-refractivity contribution is 5.85. The summed E-state index contributed by atoms with van der Waals surface area (Å²) >= 11 is 0. The highest BCUT2D eigenvalue weighted by atomic mass is 19.4. The number of nitrogens with zero attached hydrogens (tertiary/aromatic N) is 2. The van der Waals surface area contributed by atoms with E-state index < -0.39 is 12.1 Å². The number of carbonyl (C=O) groups excluding carboxylic acids is 1. The van der Waals surface area contributed by atoms with Crippen molar-refractivity contribution >= 4 is 11.9 Å². The summed E-state index contributed by atoms with van der Waals surface area (Å²) in [6.07, 6.45) is 0.621. The lowest BCUT2D eigenvalue weighted by molar-refractivity contribution is -0.192. The lowest BCUT2D eigenvalue weighted by atomic mass is 10.0. The molecule has 154 valence electrons. The fourth-order valence-electron chi connectivity index (χ4n) is 3.65. The van der Waals surface area contributed by atoms with Crippen LogP contribution < -0.4 is 5.32 Å². The minimum Gasteiger partial charge on any atom is -0.475 e. The van der Waals surface area contributed by atoms with Crippen LogP contribution in [-0.2, 0) is 16.1 Å². The first-order valence-electron chi connectivity index (χ1n) is 9.10. The van der Waals surface area contributed by atoms with Crippen LogP contribution in [0.3, 0.4) is 0 Å². The fourth-order valence-corrected chi connectivity index (χ4v) is 3.65. The third-order valence-electron chi connectivity index (χ3n) is 4.98. The number of nitrogens with one attached hydrogen (secondary N) is 1. The predicted molar refractivity (Wildman–Crippen MR) is 97.6 cm³/mol. The van der Waals surface area contributed by atoms with Gasteiger partial charge in [0, 0.05) is 25.5 Å². The van der Waals surface area contributed by atoms with Crippen LogP contribution in [0.5, 0.6) is 0 Å². The smallest absolute Gasteiger partial charge is 0.475 e. The van der Waals surface area contributed by atoms with E-state index in [1.54, 1.807) is 12.4 Å². The number of hydrogen-bond acceptors (Lipinski definition) is 4. The average Bonchev–Trinajstić information content (AvgIpc) is 3.35. The molecule has 1 aromatic carbocycles. The second-order valence-corrected chi connectivity index (χ2v) is 6.79. The molecule has 2 aromatic rings. The molecule has 1 aromatic heterocycles. The number of aromatic nitrogens is 1. The number of amides is 1. The molecule has 2 atom stereocenters. The number of hydrogen-bond donors (Lipinski definition) is 2. The molecule has 29 heavy (non-hydrogen) atoms. The summed E-state index contributed by atoms with van der Waals surface area (Å²) in [5.74, 6) is -2.56. The van der Waals surface area contributed by atoms with Crippen LogP contribution in [0.1, 0.15) is 41.6 Å². The van der Waals surface area contributed by atoms with Crippen LogP contribution >= 0.6 is 0 Å². The lowest BCUT2D eigenvalue weighted by Crippen LogP contribution is -2.38. The Bertz CT molecular complexity index is 874. The van der Waals surface area contributed by atoms with E-state index in [-0.39, 0.29) is 18.0 Å². The minimum absolute atomic E-state index is 0.185. The van der Waals surface area contributed by atoms with Crippen LogP contribution in [0, 0.1) is 0 Å². The van der Waals surface area contributed by atoms with Gasteiger partial charge in [-0.25, -0.2) is 4.79 Å². The van der Waals surface area contributed by atoms with Gasteiger partial charge in [0.05, 0.1) is 6.04 Å². The molecule has 1 fully saturated rings. The van der Waals surface area contributed by atoms with Gasteiger partial charge in [0.15, 0.2) is 0 Å². The van der Waals surface area contributed by atoms with Crippen LogP contribution in [0.2, 0.25) is 0 Å². The largest absolute Gasteiger partial charge is 0.490 e. The highest BCUT2D eigenvalue weighted by Crippen LogP contribution is 2.35. The standard InChI is InChI=1S/C18H19N3O.C2HF3O2/c22-18(17-15-5-2-1-4-14(15)12-20-17)21-11-3-6-16(21)13-7-9-19-10-8-13;3-2(4,5)1(6)7/h1-2,4-5,7-10,16-17,20H,3,6,11-12H2;(H,6,7). The van der Waals surface area contributed by atoms with Gasteiger partial charge in [0.25, 0.3) is 0 Å². The maximum absolute atomic E-state index is 13.0. The van der Waals surface area contributed by atoms with Gasteiger partial charge in [0.2, 0.25) is 5.91 Å². The first-order chi connectivity index (χ1) is 13.8. The maximum Gasteiger partial charge on any atom is 0.490 e. The maximum atomic E-state index is 13.0. The molecule has 3 heterocycles. The molecule has 2 aliphatic heterocycles. The highest BCUT2D eigenvalue weighted by Gasteiger charge is 2.38. The van der Waals surface area contributed by atoms with Crippen molar-refractivity contribution < 1.29 is 27.9 Å². The number of alkyl halides is 3. The van der Waals surface area contributed by atoms with Crippen molar-refractivity contribution in [2.75, 3.05) is 6.54 Å². The van der Waals surface area contributed by atoms with Crippen molar-refractivity contribution in [3.05, 3.63) is 65.5 Å². The summed E-state index contributed by atoms with van der Waals surface area (Å²) in [5.41, 5.74) is 3.56. The van der Waals surface area contributed by atoms with E-state index in [9.17, 15) is 18.0 Å². The Labute approximate surface area is 165 Å². The number of likely N-dealkylation sites (tertiary alicyclic amines) is 1. The van der Waals surface area contributed by atoms with Crippen LogP contribution in [0.4, 0.5) is 13.2 Å². The van der Waals surface area contributed by atoms with Crippen molar-refractivity contribution in [1.29, 1.82) is 0 Å². The van der Waals surface area contributed by atoms with Crippen LogP contribution in [0.15, 0.2) is 48.8 Å². The number of fused-ring (bicyclic) bond motifs is 1. The second-order valence-electron chi connectivity index (χ2n) is 6.79. The molecule has 2 unspecified atom stereocenters. The zero-order chi connectivity index (χ0) is 21.0. The molecule has 2 N–H and O–H groups in total. The number of rotatable bonds is 2. The van der Waals surface area contributed by atoms with Gasteiger partial charge in [-0.2, -0.15) is 13.2 Å². The Hall–Kier alpha value is -2.94. The van der Waals surface area contributed by atoms with Gasteiger partial charge in [-0.3, -0.25) is 15.1 Å². The van der Waals surface area contributed by atoms with E-state index in [1.165, 1.54) is 11.1 Å². The summed E-state index contributed by atoms with van der Waals surface area (Å²) in [7, 11) is 0. The van der Waals surface area contributed by atoms with E-state index in [0.717, 1.165) is 31.5 Å². The molecule has 9 heteroatoms. The summed E-state index contributed by atoms with van der Waals surface area (Å²) in [6, 6.07) is 12.2. The zero-order valence-electron chi connectivity index (χ0n) is 15.4. The Morgan fingerprint density at radius 1 is 1.14 bits per heavy atom. The lowest BCUT2D eigenvalue weighted by Gasteiger charge is -2.28. The van der Waals surface area contributed by atoms with E-state index in [4.69, 9.17) is 9.90 Å². The molecule has 0 saturated carbocycles. The SMILES string of the molecule is O=C(C1NCc2ccccc21)N1CCCC1c1ccncc1.O=C(O)C(F)(F)F. The normalized spacial score (nSPS) is 20.6. The van der Waals surface area contributed by atoms with Gasteiger partial charge < -0.3 is 10.0 Å². The van der Waals surface area contributed by atoms with E-state index in [2.05, 4.69) is 22.4 Å². The number of carbonyl (C=O) groups is 2. The van der Waals surface area contributed by atoms with Crippen molar-refractivity contribution in [3.8, 4) is 0 Å². The molecule has 2 aliphatic rings. The van der Waals surface area contributed by atoms with Gasteiger partial charge in [-0.1, -0.05) is 24.3 Å². The summed E-state index contributed by atoms with van der Waals surface area (Å²) in [4.78, 5) is 28.1. The molecule has 0 aliphatic carbocycles. The number of benzene rings is 1. The second kappa shape index (κ2) is 8.60. The van der Waals surface area contributed by atoms with Gasteiger partial charge in [-0.05, 0) is 41.7 Å². The quantitative estimate of drug-likeness (QED) is 0.799. The van der Waals surface area contributed by atoms with Crippen LogP contribution in [-0.4, -0.2) is 39.6 Å². The molecule has 1 amide bonds. The van der Waals surface area contributed by atoms with Gasteiger partial charge >= 0.3 is 12.1 Å². The summed E-state index contributed by atoms with van der Waals surface area (Å²) in [5, 5.41) is 10.5. The monoisotopic (exact) mass is 407 g/mol. The van der Waals surface area contributed by atoms with Crippen molar-refractivity contribution in [1.82, 2.24) is 15.2 Å². The number of pyridine rings is 1. The Morgan fingerprint density at radius 3 is 2.45 bits per heavy atom. The fraction of sp³-hybridized carbons (Fsp3) is 0.350. The molecule has 1 saturated heterocycles. The van der Waals surface area contributed by atoms with E-state index in [0.29, 0.717) is 0 Å². The summed E-state index contributed by atoms with van der Waals surface area (Å²) in [6.45, 7) is 1.62. The number of carboxylic acid groups (broad SMARTS) is 1. The topological polar surface area (TPSA) is 82.5 Å². The molecule has 0 spiro atoms. The Balaban J connectivity index is 0.000000298. The van der Waals surface area contributed by atoms with Crippen LogP contribution in [0.25, 0.3) is 0 Å². The zero-order valence-corrected chi connectivity index (χ0v) is 15.4. The van der Waals surface area contributed by atoms with Gasteiger partial charge in [0.1, 0.15) is 6.04 Å². The average molecular weight is 407 g/mol. The van der Waals surface area contributed by atoms with Crippen molar-refractivity contribution in [2.24, 2.45) is 0 Å². The predicted octanol–water partition coefficient (Wildman–Crippen LogP) is 3.22. The molecule has 0 bridgehead atoms. The van der Waals surface area contributed by atoms with E-state index >= 15 is 0 Å². The number of aliphatic carboxylic acids is 1. The van der Waals surface area contributed by atoms with Crippen molar-refractivity contribution in [3.63, 3.8) is 0 Å². The third kappa shape index (κ3) is 4.73. The molecular weight excluding hydrogens is 387 g/mol. The molecule has 0 radical (unpaired) electrons. The molecule has 6 nitrogen and oxygen atoms in total. The number of halogens is 3. The Morgan fingerprint density at radius 2 is 1.79 bits per heavy atom. The molecular formula is C20H20F3N3O3. The summed E-state index contributed by atoms with van der Waals surface area (Å²) < 4.78 is 31.7. The van der Waals surface area contributed by atoms with Gasteiger partial charge in [-0.15, -0.1) is 0 Å². The minimum atomic E-state index is -5.08. The first kappa shape index (κ1) is 20.8. The van der Waals surface area contributed by atoms with Crippen molar-refractivity contribution in [2.45, 2.75) is 37.6 Å². The Kier molecular flexibility index (Phi) is 6.17. The molecule has 4 rings (SSSR count).